The minimum absolute atomic E-state index is 0.0251. The van der Waals surface area contributed by atoms with Crippen LogP contribution in [0.15, 0.2) is 30.3 Å². The molecule has 0 bridgehead atoms. The van der Waals surface area contributed by atoms with Crippen LogP contribution in [-0.2, 0) is 16.0 Å². The van der Waals surface area contributed by atoms with E-state index in [9.17, 15) is 14.7 Å². The number of aliphatic hydroxyl groups is 1. The molecule has 0 aromatic heterocycles. The van der Waals surface area contributed by atoms with Crippen LogP contribution in [-0.4, -0.2) is 35.1 Å². The number of aliphatic hydroxyl groups excluding tert-OH is 1. The summed E-state index contributed by atoms with van der Waals surface area (Å²) in [5.41, 5.74) is 1.08. The van der Waals surface area contributed by atoms with Crippen LogP contribution in [0.5, 0.6) is 0 Å². The van der Waals surface area contributed by atoms with Crippen molar-refractivity contribution in [2.24, 2.45) is 29.1 Å². The van der Waals surface area contributed by atoms with Crippen LogP contribution in [0.1, 0.15) is 84.1 Å². The highest BCUT2D eigenvalue weighted by Gasteiger charge is 2.53. The minimum Gasteiger partial charge on any atom is -0.392 e. The lowest BCUT2D eigenvalue weighted by molar-refractivity contribution is -0.144. The van der Waals surface area contributed by atoms with Gasteiger partial charge in [-0.05, 0) is 67.3 Å². The number of benzene rings is 1. The van der Waals surface area contributed by atoms with Gasteiger partial charge in [-0.15, -0.1) is 0 Å². The zero-order valence-electron chi connectivity index (χ0n) is 21.3. The van der Waals surface area contributed by atoms with Gasteiger partial charge in [-0.25, -0.2) is 0 Å². The number of hydrogen-bond acceptors (Lipinski definition) is 3. The topological polar surface area (TPSA) is 78.4 Å². The number of carbonyl (C=O) groups excluding carboxylic acids is 2. The zero-order valence-corrected chi connectivity index (χ0v) is 21.3. The van der Waals surface area contributed by atoms with Crippen molar-refractivity contribution < 1.29 is 14.7 Å². The van der Waals surface area contributed by atoms with E-state index in [1.54, 1.807) is 0 Å². The maximum atomic E-state index is 13.1. The van der Waals surface area contributed by atoms with Crippen molar-refractivity contribution in [1.29, 1.82) is 0 Å². The Balaban J connectivity index is 1.39. The molecule has 1 aromatic rings. The fraction of sp³-hybridized carbons (Fsp3) is 0.724. The number of rotatable bonds is 6. The Bertz CT molecular complexity index is 837. The molecule has 0 heterocycles. The van der Waals surface area contributed by atoms with Gasteiger partial charge in [-0.1, -0.05) is 70.4 Å². The molecule has 0 radical (unpaired) electrons. The van der Waals surface area contributed by atoms with Crippen LogP contribution in [0.25, 0.3) is 0 Å². The molecule has 2 amide bonds. The molecular formula is C29H44N2O3. The van der Waals surface area contributed by atoms with Crippen molar-refractivity contribution in [3.63, 3.8) is 0 Å². The first-order valence-electron chi connectivity index (χ1n) is 13.6. The van der Waals surface area contributed by atoms with Crippen LogP contribution in [0.4, 0.5) is 0 Å². The number of hydrogen-bond donors (Lipinski definition) is 3. The summed E-state index contributed by atoms with van der Waals surface area (Å²) in [7, 11) is 0. The summed E-state index contributed by atoms with van der Waals surface area (Å²) in [6, 6.07) is 10.2. The zero-order chi connectivity index (χ0) is 24.3. The fourth-order valence-corrected chi connectivity index (χ4v) is 7.31. The van der Waals surface area contributed by atoms with Crippen molar-refractivity contribution in [3.8, 4) is 0 Å². The lowest BCUT2D eigenvalue weighted by Gasteiger charge is -2.56. The third-order valence-electron chi connectivity index (χ3n) is 9.45. The van der Waals surface area contributed by atoms with Crippen molar-refractivity contribution >= 4 is 11.8 Å². The van der Waals surface area contributed by atoms with E-state index >= 15 is 0 Å². The van der Waals surface area contributed by atoms with E-state index in [-0.39, 0.29) is 46.9 Å². The summed E-state index contributed by atoms with van der Waals surface area (Å²) in [6.07, 6.45) is 9.56. The van der Waals surface area contributed by atoms with E-state index in [1.807, 2.05) is 37.3 Å². The molecule has 7 atom stereocenters. The molecule has 3 fully saturated rings. The first kappa shape index (κ1) is 25.2. The minimum atomic E-state index is -0.519. The highest BCUT2D eigenvalue weighted by atomic mass is 16.3. The Morgan fingerprint density at radius 3 is 2.41 bits per heavy atom. The van der Waals surface area contributed by atoms with E-state index in [1.165, 1.54) is 19.3 Å². The first-order valence-corrected chi connectivity index (χ1v) is 13.6. The number of amides is 2. The summed E-state index contributed by atoms with van der Waals surface area (Å²) in [4.78, 5) is 25.9. The standard InChI is InChI=1S/C29H44N2O3/c1-19(28(34)30-22-12-8-5-9-13-22)23-14-16-29(3)17-15-24(20(2)26(29)27(23)33)31-25(32)18-21-10-6-4-7-11-21/h4,6-7,10-11,19-20,22-24,26-27,33H,5,8-9,12-18H2,1-3H3,(H,30,34)(H,31,32). The second-order valence-electron chi connectivity index (χ2n) is 11.7. The molecule has 5 heteroatoms. The van der Waals surface area contributed by atoms with Gasteiger partial charge < -0.3 is 15.7 Å². The molecular weight excluding hydrogens is 424 g/mol. The lowest BCUT2D eigenvalue weighted by atomic mass is 9.51. The van der Waals surface area contributed by atoms with E-state index in [4.69, 9.17) is 0 Å². The molecule has 1 aromatic carbocycles. The van der Waals surface area contributed by atoms with Gasteiger partial charge in [0.1, 0.15) is 0 Å². The maximum Gasteiger partial charge on any atom is 0.224 e. The lowest BCUT2D eigenvalue weighted by Crippen LogP contribution is -2.58. The molecule has 4 rings (SSSR count). The van der Waals surface area contributed by atoms with Crippen molar-refractivity contribution in [1.82, 2.24) is 10.6 Å². The van der Waals surface area contributed by atoms with Gasteiger partial charge in [0.25, 0.3) is 0 Å². The van der Waals surface area contributed by atoms with Gasteiger partial charge in [-0.2, -0.15) is 0 Å². The van der Waals surface area contributed by atoms with E-state index in [2.05, 4.69) is 24.5 Å². The molecule has 3 aliphatic rings. The monoisotopic (exact) mass is 468 g/mol. The summed E-state index contributed by atoms with van der Waals surface area (Å²) < 4.78 is 0. The van der Waals surface area contributed by atoms with Gasteiger partial charge >= 0.3 is 0 Å². The van der Waals surface area contributed by atoms with E-state index in [0.717, 1.165) is 44.1 Å². The van der Waals surface area contributed by atoms with Crippen LogP contribution < -0.4 is 10.6 Å². The third kappa shape index (κ3) is 5.50. The van der Waals surface area contributed by atoms with Crippen LogP contribution in [0.2, 0.25) is 0 Å². The highest BCUT2D eigenvalue weighted by Crippen LogP contribution is 2.55. The predicted molar refractivity (Wildman–Crippen MR) is 135 cm³/mol. The summed E-state index contributed by atoms with van der Waals surface area (Å²) in [6.45, 7) is 6.50. The van der Waals surface area contributed by atoms with Crippen molar-refractivity contribution in [2.75, 3.05) is 0 Å². The Morgan fingerprint density at radius 2 is 1.71 bits per heavy atom. The van der Waals surface area contributed by atoms with Crippen LogP contribution >= 0.6 is 0 Å². The summed E-state index contributed by atoms with van der Waals surface area (Å²) in [5, 5.41) is 18.2. The molecule has 0 aliphatic heterocycles. The highest BCUT2D eigenvalue weighted by molar-refractivity contribution is 5.79. The van der Waals surface area contributed by atoms with Gasteiger partial charge in [0.05, 0.1) is 12.5 Å². The first-order chi connectivity index (χ1) is 16.3. The van der Waals surface area contributed by atoms with E-state index in [0.29, 0.717) is 12.5 Å². The average molecular weight is 469 g/mol. The molecule has 3 N–H and O–H groups in total. The Kier molecular flexibility index (Phi) is 8.01. The molecule has 188 valence electrons. The predicted octanol–water partition coefficient (Wildman–Crippen LogP) is 4.62. The van der Waals surface area contributed by atoms with Gasteiger partial charge in [0.15, 0.2) is 0 Å². The van der Waals surface area contributed by atoms with Gasteiger partial charge in [0.2, 0.25) is 11.8 Å². The molecule has 0 saturated heterocycles. The summed E-state index contributed by atoms with van der Waals surface area (Å²) in [5.74, 6) is 0.200. The molecule has 3 saturated carbocycles. The Morgan fingerprint density at radius 1 is 1.03 bits per heavy atom. The average Bonchev–Trinajstić information content (AvgIpc) is 2.82. The maximum absolute atomic E-state index is 13.1. The van der Waals surface area contributed by atoms with Gasteiger partial charge in [-0.3, -0.25) is 9.59 Å². The fourth-order valence-electron chi connectivity index (χ4n) is 7.31. The van der Waals surface area contributed by atoms with Crippen LogP contribution in [0.3, 0.4) is 0 Å². The largest absolute Gasteiger partial charge is 0.392 e. The second-order valence-corrected chi connectivity index (χ2v) is 11.7. The molecule has 0 spiro atoms. The van der Waals surface area contributed by atoms with Gasteiger partial charge in [0, 0.05) is 18.0 Å². The number of fused-ring (bicyclic) bond motifs is 1. The SMILES string of the molecule is CC(C(=O)NC1CCCCC1)C1CCC2(C)CCC(NC(=O)Cc3ccccc3)C(C)C2C1O. The quantitative estimate of drug-likeness (QED) is 0.570. The molecule has 34 heavy (non-hydrogen) atoms. The second kappa shape index (κ2) is 10.8. The third-order valence-corrected chi connectivity index (χ3v) is 9.45. The summed E-state index contributed by atoms with van der Waals surface area (Å²) >= 11 is 0. The van der Waals surface area contributed by atoms with Crippen molar-refractivity contribution in [3.05, 3.63) is 35.9 Å². The molecule has 5 nitrogen and oxygen atoms in total. The Hall–Kier alpha value is -1.88. The molecule has 7 unspecified atom stereocenters. The normalized spacial score (nSPS) is 35.1. The van der Waals surface area contributed by atoms with Crippen molar-refractivity contribution in [2.45, 2.75) is 103 Å². The number of nitrogens with one attached hydrogen (secondary N) is 2. The van der Waals surface area contributed by atoms with E-state index < -0.39 is 6.10 Å². The van der Waals surface area contributed by atoms with Crippen LogP contribution in [0, 0.1) is 29.1 Å². The number of carbonyl (C=O) groups is 2. The molecule has 3 aliphatic carbocycles. The smallest absolute Gasteiger partial charge is 0.224 e. The Labute approximate surface area is 205 Å².